The smallest absolute Gasteiger partial charge is 0.338 e. The van der Waals surface area contributed by atoms with Gasteiger partial charge in [-0.25, -0.2) is 4.79 Å². The van der Waals surface area contributed by atoms with Gasteiger partial charge in [0, 0.05) is 0 Å². The van der Waals surface area contributed by atoms with E-state index in [2.05, 4.69) is 31.4 Å². The van der Waals surface area contributed by atoms with Gasteiger partial charge < -0.3 is 4.74 Å². The highest BCUT2D eigenvalue weighted by molar-refractivity contribution is 6.81. The van der Waals surface area contributed by atoms with Gasteiger partial charge in [-0.05, 0) is 24.6 Å². The Bertz CT molecular complexity index is 399. The van der Waals surface area contributed by atoms with Gasteiger partial charge in [-0.2, -0.15) is 0 Å². The van der Waals surface area contributed by atoms with E-state index in [4.69, 9.17) is 4.74 Å². The van der Waals surface area contributed by atoms with Crippen molar-refractivity contribution in [2.45, 2.75) is 26.6 Å². The lowest BCUT2D eigenvalue weighted by Crippen LogP contribution is -2.15. The molecule has 0 heterocycles. The molecule has 0 saturated heterocycles. The molecule has 0 bridgehead atoms. The Labute approximate surface area is 104 Å². The standard InChI is InChI=1S/C14H20O2Si/c1-5-16-14(15)13-8-6-12(7-9-13)10-11-17(2,3)4/h6-11H,5H2,1-4H3. The minimum absolute atomic E-state index is 0.256. The van der Waals surface area contributed by atoms with Crippen molar-refractivity contribution in [3.8, 4) is 0 Å². The van der Waals surface area contributed by atoms with Crippen LogP contribution in [0.3, 0.4) is 0 Å². The first-order valence-corrected chi connectivity index (χ1v) is 9.46. The number of benzene rings is 1. The zero-order valence-electron chi connectivity index (χ0n) is 11.0. The molecule has 0 aliphatic heterocycles. The molecule has 0 amide bonds. The number of hydrogen-bond donors (Lipinski definition) is 0. The van der Waals surface area contributed by atoms with Crippen LogP contribution in [0.5, 0.6) is 0 Å². The van der Waals surface area contributed by atoms with E-state index in [0.29, 0.717) is 12.2 Å². The minimum Gasteiger partial charge on any atom is -0.462 e. The van der Waals surface area contributed by atoms with E-state index in [1.54, 1.807) is 0 Å². The summed E-state index contributed by atoms with van der Waals surface area (Å²) >= 11 is 0. The van der Waals surface area contributed by atoms with Crippen molar-refractivity contribution in [3.05, 3.63) is 41.1 Å². The fourth-order valence-electron chi connectivity index (χ4n) is 1.29. The zero-order valence-corrected chi connectivity index (χ0v) is 12.0. The zero-order chi connectivity index (χ0) is 12.9. The molecule has 0 fully saturated rings. The van der Waals surface area contributed by atoms with E-state index >= 15 is 0 Å². The second kappa shape index (κ2) is 5.82. The number of hydrogen-bond acceptors (Lipinski definition) is 2. The highest BCUT2D eigenvalue weighted by Gasteiger charge is 2.07. The van der Waals surface area contributed by atoms with Crippen LogP contribution >= 0.6 is 0 Å². The lowest BCUT2D eigenvalue weighted by Gasteiger charge is -2.08. The summed E-state index contributed by atoms with van der Waals surface area (Å²) in [5, 5.41) is 0. The van der Waals surface area contributed by atoms with Gasteiger partial charge >= 0.3 is 5.97 Å². The maximum Gasteiger partial charge on any atom is 0.338 e. The topological polar surface area (TPSA) is 26.3 Å². The Morgan fingerprint density at radius 3 is 2.29 bits per heavy atom. The Balaban J connectivity index is 2.75. The Morgan fingerprint density at radius 1 is 1.24 bits per heavy atom. The van der Waals surface area contributed by atoms with E-state index in [1.165, 1.54) is 0 Å². The summed E-state index contributed by atoms with van der Waals surface area (Å²) in [6, 6.07) is 7.51. The molecule has 17 heavy (non-hydrogen) atoms. The number of ether oxygens (including phenoxy) is 1. The average Bonchev–Trinajstić information content (AvgIpc) is 2.26. The molecule has 0 saturated carbocycles. The van der Waals surface area contributed by atoms with Crippen molar-refractivity contribution < 1.29 is 9.53 Å². The molecule has 2 nitrogen and oxygen atoms in total. The first-order chi connectivity index (χ1) is 7.92. The van der Waals surface area contributed by atoms with Gasteiger partial charge in [0.1, 0.15) is 0 Å². The number of rotatable bonds is 4. The normalized spacial score (nSPS) is 11.8. The number of carbonyl (C=O) groups excluding carboxylic acids is 1. The SMILES string of the molecule is CCOC(=O)c1ccc(C=C[Si](C)(C)C)cc1. The highest BCUT2D eigenvalue weighted by atomic mass is 28.3. The lowest BCUT2D eigenvalue weighted by molar-refractivity contribution is 0.0526. The second-order valence-electron chi connectivity index (χ2n) is 5.04. The van der Waals surface area contributed by atoms with Crippen LogP contribution in [0.4, 0.5) is 0 Å². The summed E-state index contributed by atoms with van der Waals surface area (Å²) in [7, 11) is -1.16. The summed E-state index contributed by atoms with van der Waals surface area (Å²) in [6.45, 7) is 9.09. The van der Waals surface area contributed by atoms with Crippen molar-refractivity contribution in [3.63, 3.8) is 0 Å². The molecule has 0 N–H and O–H groups in total. The van der Waals surface area contributed by atoms with Crippen molar-refractivity contribution >= 4 is 20.1 Å². The molecule has 0 aromatic heterocycles. The highest BCUT2D eigenvalue weighted by Crippen LogP contribution is 2.10. The van der Waals surface area contributed by atoms with Crippen molar-refractivity contribution in [2.75, 3.05) is 6.61 Å². The summed E-state index contributed by atoms with van der Waals surface area (Å²) in [5.74, 6) is -0.256. The predicted octanol–water partition coefficient (Wildman–Crippen LogP) is 3.75. The van der Waals surface area contributed by atoms with Crippen LogP contribution in [0.25, 0.3) is 6.08 Å². The number of esters is 1. The third-order valence-electron chi connectivity index (χ3n) is 2.20. The molecular weight excluding hydrogens is 228 g/mol. The van der Waals surface area contributed by atoms with Crippen LogP contribution in [0.15, 0.2) is 30.0 Å². The molecule has 3 heteroatoms. The third-order valence-corrected chi connectivity index (χ3v) is 3.36. The molecule has 1 aromatic rings. The fourth-order valence-corrected chi connectivity index (χ4v) is 1.98. The quantitative estimate of drug-likeness (QED) is 0.599. The lowest BCUT2D eigenvalue weighted by atomic mass is 10.1. The van der Waals surface area contributed by atoms with E-state index in [0.717, 1.165) is 5.56 Å². The predicted molar refractivity (Wildman–Crippen MR) is 74.8 cm³/mol. The molecule has 0 spiro atoms. The molecule has 0 aliphatic carbocycles. The number of carbonyl (C=O) groups is 1. The van der Waals surface area contributed by atoms with Crippen molar-refractivity contribution in [1.29, 1.82) is 0 Å². The maximum atomic E-state index is 11.4. The maximum absolute atomic E-state index is 11.4. The summed E-state index contributed by atoms with van der Waals surface area (Å²) in [4.78, 5) is 11.4. The van der Waals surface area contributed by atoms with Gasteiger partial charge in [0.15, 0.2) is 0 Å². The first kappa shape index (κ1) is 13.7. The van der Waals surface area contributed by atoms with E-state index in [9.17, 15) is 4.79 Å². The van der Waals surface area contributed by atoms with Gasteiger partial charge in [0.25, 0.3) is 0 Å². The van der Waals surface area contributed by atoms with Gasteiger partial charge in [0.2, 0.25) is 0 Å². The van der Waals surface area contributed by atoms with Crippen LogP contribution in [0.2, 0.25) is 19.6 Å². The van der Waals surface area contributed by atoms with Gasteiger partial charge in [-0.15, -0.1) is 0 Å². The van der Waals surface area contributed by atoms with E-state index in [-0.39, 0.29) is 5.97 Å². The minimum atomic E-state index is -1.16. The molecule has 0 aliphatic rings. The van der Waals surface area contributed by atoms with Crippen LogP contribution in [0.1, 0.15) is 22.8 Å². The second-order valence-corrected chi connectivity index (χ2v) is 10.1. The molecule has 1 rings (SSSR count). The summed E-state index contributed by atoms with van der Waals surface area (Å²) in [6.07, 6.45) is 2.13. The summed E-state index contributed by atoms with van der Waals surface area (Å²) < 4.78 is 4.93. The molecule has 92 valence electrons. The van der Waals surface area contributed by atoms with Crippen molar-refractivity contribution in [2.24, 2.45) is 0 Å². The van der Waals surface area contributed by atoms with Crippen LogP contribution < -0.4 is 0 Å². The van der Waals surface area contributed by atoms with Crippen LogP contribution in [-0.4, -0.2) is 20.7 Å². The van der Waals surface area contributed by atoms with E-state index in [1.807, 2.05) is 31.2 Å². The fraction of sp³-hybridized carbons (Fsp3) is 0.357. The Morgan fingerprint density at radius 2 is 1.82 bits per heavy atom. The van der Waals surface area contributed by atoms with E-state index < -0.39 is 8.07 Å². The average molecular weight is 248 g/mol. The van der Waals surface area contributed by atoms with Gasteiger partial charge in [-0.1, -0.05) is 43.5 Å². The monoisotopic (exact) mass is 248 g/mol. The molecule has 0 atom stereocenters. The largest absolute Gasteiger partial charge is 0.462 e. The molecule has 1 aromatic carbocycles. The Kier molecular flexibility index (Phi) is 4.69. The first-order valence-electron chi connectivity index (χ1n) is 5.89. The summed E-state index contributed by atoms with van der Waals surface area (Å²) in [5.41, 5.74) is 4.02. The van der Waals surface area contributed by atoms with Crippen LogP contribution in [0, 0.1) is 0 Å². The molecule has 0 unspecified atom stereocenters. The Hall–Kier alpha value is -1.35. The van der Waals surface area contributed by atoms with Crippen LogP contribution in [-0.2, 0) is 4.74 Å². The van der Waals surface area contributed by atoms with Gasteiger partial charge in [-0.3, -0.25) is 0 Å². The molecule has 0 radical (unpaired) electrons. The van der Waals surface area contributed by atoms with Crippen molar-refractivity contribution in [1.82, 2.24) is 0 Å². The third kappa shape index (κ3) is 5.00. The van der Waals surface area contributed by atoms with Gasteiger partial charge in [0.05, 0.1) is 20.2 Å². The molecular formula is C14H20O2Si.